The second-order valence-electron chi connectivity index (χ2n) is 5.79. The predicted octanol–water partition coefficient (Wildman–Crippen LogP) is 5.12. The molecule has 0 aromatic carbocycles. The summed E-state index contributed by atoms with van der Waals surface area (Å²) in [6.45, 7) is 3.00. The van der Waals surface area contributed by atoms with Crippen molar-refractivity contribution >= 4 is 0 Å². The number of fused-ring (bicyclic) bond motifs is 1. The number of halogens is 7. The van der Waals surface area contributed by atoms with E-state index in [4.69, 9.17) is 0 Å². The smallest absolute Gasteiger partial charge is 0.382 e. The maximum absolute atomic E-state index is 13.4. The number of hydrogen-bond donors (Lipinski definition) is 1. The van der Waals surface area contributed by atoms with E-state index >= 15 is 0 Å². The molecular formula is C16H23F7N2O2. The lowest BCUT2D eigenvalue weighted by molar-refractivity contribution is -0.146. The van der Waals surface area contributed by atoms with Gasteiger partial charge in [-0.15, -0.1) is 0 Å². The van der Waals surface area contributed by atoms with Gasteiger partial charge in [-0.3, -0.25) is 4.68 Å². The van der Waals surface area contributed by atoms with Gasteiger partial charge in [-0.05, 0) is 26.2 Å². The van der Waals surface area contributed by atoms with Crippen LogP contribution >= 0.6 is 0 Å². The number of ether oxygens (including phenoxy) is 1. The van der Waals surface area contributed by atoms with E-state index in [0.29, 0.717) is 12.8 Å². The molecule has 3 rings (SSSR count). The first-order valence-corrected chi connectivity index (χ1v) is 8.63. The SMILES string of the molecule is CC.CCOC(F)F.OC1c2c(C(F)(F)F)nn(C3CCC3)c2CC1(F)F. The van der Waals surface area contributed by atoms with Crippen LogP contribution in [0, 0.1) is 0 Å². The van der Waals surface area contributed by atoms with Crippen LogP contribution in [0.2, 0.25) is 0 Å². The van der Waals surface area contributed by atoms with Crippen molar-refractivity contribution in [3.05, 3.63) is 17.0 Å². The van der Waals surface area contributed by atoms with Crippen molar-refractivity contribution in [3.63, 3.8) is 0 Å². The van der Waals surface area contributed by atoms with E-state index in [1.807, 2.05) is 13.8 Å². The van der Waals surface area contributed by atoms with Gasteiger partial charge >= 0.3 is 12.8 Å². The summed E-state index contributed by atoms with van der Waals surface area (Å²) < 4.78 is 91.8. The van der Waals surface area contributed by atoms with Gasteiger partial charge in [0, 0.05) is 12.2 Å². The van der Waals surface area contributed by atoms with E-state index in [1.165, 1.54) is 6.92 Å². The number of aliphatic hydroxyl groups excluding tert-OH is 1. The highest BCUT2D eigenvalue weighted by Gasteiger charge is 2.55. The zero-order valence-corrected chi connectivity index (χ0v) is 15.2. The van der Waals surface area contributed by atoms with E-state index in [0.717, 1.165) is 11.1 Å². The molecule has 27 heavy (non-hydrogen) atoms. The first-order chi connectivity index (χ1) is 12.5. The number of nitrogens with zero attached hydrogens (tertiary/aromatic N) is 2. The Bertz CT molecular complexity index is 598. The second kappa shape index (κ2) is 9.22. The predicted molar refractivity (Wildman–Crippen MR) is 82.7 cm³/mol. The minimum absolute atomic E-state index is 0.0810. The van der Waals surface area contributed by atoms with Crippen LogP contribution in [-0.2, 0) is 17.3 Å². The Kier molecular flexibility index (Phi) is 8.09. The summed E-state index contributed by atoms with van der Waals surface area (Å²) in [5.41, 5.74) is -2.29. The maximum atomic E-state index is 13.4. The summed E-state index contributed by atoms with van der Waals surface area (Å²) >= 11 is 0. The normalized spacial score (nSPS) is 21.0. The monoisotopic (exact) mass is 408 g/mol. The Labute approximate surface area is 152 Å². The Morgan fingerprint density at radius 2 is 1.81 bits per heavy atom. The van der Waals surface area contributed by atoms with Crippen LogP contribution in [0.4, 0.5) is 30.7 Å². The summed E-state index contributed by atoms with van der Waals surface area (Å²) in [6.07, 6.45) is -6.03. The molecule has 0 spiro atoms. The van der Waals surface area contributed by atoms with Crippen LogP contribution in [0.1, 0.15) is 69.1 Å². The molecule has 0 radical (unpaired) electrons. The molecule has 1 N–H and O–H groups in total. The molecule has 0 bridgehead atoms. The molecule has 0 amide bonds. The highest BCUT2D eigenvalue weighted by Crippen LogP contribution is 2.49. The first-order valence-electron chi connectivity index (χ1n) is 8.63. The zero-order valence-electron chi connectivity index (χ0n) is 15.2. The average Bonchev–Trinajstić information content (AvgIpc) is 2.96. The Hall–Kier alpha value is -1.36. The molecule has 1 atom stereocenters. The molecule has 4 nitrogen and oxygen atoms in total. The fourth-order valence-electron chi connectivity index (χ4n) is 2.75. The zero-order chi connectivity index (χ0) is 21.0. The van der Waals surface area contributed by atoms with Gasteiger partial charge in [-0.2, -0.15) is 27.1 Å². The third kappa shape index (κ3) is 5.34. The van der Waals surface area contributed by atoms with Crippen LogP contribution in [0.15, 0.2) is 0 Å². The molecule has 0 aliphatic heterocycles. The van der Waals surface area contributed by atoms with Gasteiger partial charge in [0.25, 0.3) is 5.92 Å². The quantitative estimate of drug-likeness (QED) is 0.706. The van der Waals surface area contributed by atoms with E-state index in [1.54, 1.807) is 0 Å². The molecule has 11 heteroatoms. The van der Waals surface area contributed by atoms with Crippen molar-refractivity contribution in [1.29, 1.82) is 0 Å². The van der Waals surface area contributed by atoms with Gasteiger partial charge < -0.3 is 9.84 Å². The fraction of sp³-hybridized carbons (Fsp3) is 0.812. The number of aromatic nitrogens is 2. The third-order valence-corrected chi connectivity index (χ3v) is 4.11. The minimum Gasteiger partial charge on any atom is -0.382 e. The lowest BCUT2D eigenvalue weighted by atomic mass is 9.93. The Balaban J connectivity index is 0.000000392. The summed E-state index contributed by atoms with van der Waals surface area (Å²) in [7, 11) is 0. The Morgan fingerprint density at radius 1 is 1.26 bits per heavy atom. The third-order valence-electron chi connectivity index (χ3n) is 4.11. The number of aliphatic hydroxyl groups is 1. The number of alkyl halides is 7. The average molecular weight is 408 g/mol. The van der Waals surface area contributed by atoms with E-state index in [-0.39, 0.29) is 18.3 Å². The largest absolute Gasteiger partial charge is 0.435 e. The van der Waals surface area contributed by atoms with Crippen LogP contribution in [0.25, 0.3) is 0 Å². The van der Waals surface area contributed by atoms with Crippen molar-refractivity contribution in [2.75, 3.05) is 6.61 Å². The standard InChI is InChI=1S/C11H11F5N2O.C3H6F2O.C2H6/c12-10(13)4-6-7(9(10)19)8(11(14,15)16)17-18(6)5-2-1-3-5;1-2-6-3(4)5;1-2/h5,9,19H,1-4H2;3H,2H2,1H3;1-2H3. The molecule has 2 aliphatic rings. The molecule has 158 valence electrons. The highest BCUT2D eigenvalue weighted by molar-refractivity contribution is 5.38. The van der Waals surface area contributed by atoms with Gasteiger partial charge in [0.2, 0.25) is 0 Å². The summed E-state index contributed by atoms with van der Waals surface area (Å²) in [5.74, 6) is -3.56. The van der Waals surface area contributed by atoms with Gasteiger partial charge in [0.1, 0.15) is 6.10 Å². The summed E-state index contributed by atoms with van der Waals surface area (Å²) in [6, 6.07) is -0.258. The van der Waals surface area contributed by atoms with E-state index < -0.39 is 42.5 Å². The molecule has 1 fully saturated rings. The lowest BCUT2D eigenvalue weighted by Gasteiger charge is -2.27. The van der Waals surface area contributed by atoms with Gasteiger partial charge in [0.05, 0.1) is 18.2 Å². The minimum atomic E-state index is -4.83. The van der Waals surface area contributed by atoms with Crippen LogP contribution in [-0.4, -0.2) is 34.0 Å². The molecule has 1 aromatic rings. The fourth-order valence-corrected chi connectivity index (χ4v) is 2.75. The summed E-state index contributed by atoms with van der Waals surface area (Å²) in [5, 5.41) is 12.9. The molecule has 1 aromatic heterocycles. The summed E-state index contributed by atoms with van der Waals surface area (Å²) in [4.78, 5) is 0. The Morgan fingerprint density at radius 3 is 2.15 bits per heavy atom. The maximum Gasteiger partial charge on any atom is 0.435 e. The first kappa shape index (κ1) is 23.7. The highest BCUT2D eigenvalue weighted by atomic mass is 19.4. The van der Waals surface area contributed by atoms with Gasteiger partial charge in [-0.25, -0.2) is 8.78 Å². The van der Waals surface area contributed by atoms with Crippen LogP contribution in [0.5, 0.6) is 0 Å². The van der Waals surface area contributed by atoms with Gasteiger partial charge in [-0.1, -0.05) is 13.8 Å². The number of rotatable bonds is 3. The molecule has 1 unspecified atom stereocenters. The topological polar surface area (TPSA) is 47.3 Å². The van der Waals surface area contributed by atoms with Crippen molar-refractivity contribution in [2.45, 2.75) is 77.3 Å². The van der Waals surface area contributed by atoms with E-state index in [9.17, 15) is 35.8 Å². The lowest BCUT2D eigenvalue weighted by Crippen LogP contribution is -2.26. The number of hydrogen-bond acceptors (Lipinski definition) is 3. The molecule has 1 saturated carbocycles. The van der Waals surface area contributed by atoms with E-state index in [2.05, 4.69) is 9.84 Å². The van der Waals surface area contributed by atoms with Gasteiger partial charge in [0.15, 0.2) is 5.69 Å². The van der Waals surface area contributed by atoms with Crippen molar-refractivity contribution < 1.29 is 40.6 Å². The van der Waals surface area contributed by atoms with Crippen LogP contribution < -0.4 is 0 Å². The van der Waals surface area contributed by atoms with Crippen LogP contribution in [0.3, 0.4) is 0 Å². The molecule has 0 saturated heterocycles. The van der Waals surface area contributed by atoms with Crippen molar-refractivity contribution in [1.82, 2.24) is 9.78 Å². The van der Waals surface area contributed by atoms with Crippen molar-refractivity contribution in [2.24, 2.45) is 0 Å². The molecule has 1 heterocycles. The second-order valence-corrected chi connectivity index (χ2v) is 5.79. The molecule has 2 aliphatic carbocycles. The van der Waals surface area contributed by atoms with Crippen molar-refractivity contribution in [3.8, 4) is 0 Å². The molecular weight excluding hydrogens is 385 g/mol.